The Balaban J connectivity index is 1.77. The monoisotopic (exact) mass is 226 g/mol. The van der Waals surface area contributed by atoms with Gasteiger partial charge in [0.25, 0.3) is 0 Å². The number of likely N-dealkylation sites (tertiary alicyclic amines) is 1. The summed E-state index contributed by atoms with van der Waals surface area (Å²) in [5.74, 6) is 0.245. The highest BCUT2D eigenvalue weighted by molar-refractivity contribution is 5.77. The second-order valence-corrected chi connectivity index (χ2v) is 5.38. The Bertz CT molecular complexity index is 250. The molecule has 2 rings (SSSR count). The standard InChI is InChI=1S/C12H22N2O2/c1-12(16)4-7-14(8-5-12)11(15)9-10-3-2-6-13-10/h10,13,16H,2-9H2,1H3. The summed E-state index contributed by atoms with van der Waals surface area (Å²) in [5, 5.41) is 13.2. The molecule has 0 aromatic carbocycles. The van der Waals surface area contributed by atoms with Crippen molar-refractivity contribution in [1.82, 2.24) is 10.2 Å². The first-order chi connectivity index (χ1) is 7.57. The molecule has 16 heavy (non-hydrogen) atoms. The number of nitrogens with one attached hydrogen (secondary N) is 1. The lowest BCUT2D eigenvalue weighted by Crippen LogP contribution is -2.46. The maximum Gasteiger partial charge on any atom is 0.224 e. The van der Waals surface area contributed by atoms with Crippen LogP contribution in [0.4, 0.5) is 0 Å². The van der Waals surface area contributed by atoms with Gasteiger partial charge in [-0.25, -0.2) is 0 Å². The molecule has 0 aromatic rings. The number of carbonyl (C=O) groups is 1. The van der Waals surface area contributed by atoms with Gasteiger partial charge in [0.05, 0.1) is 5.60 Å². The molecule has 0 aromatic heterocycles. The highest BCUT2D eigenvalue weighted by Crippen LogP contribution is 2.22. The minimum atomic E-state index is -0.567. The summed E-state index contributed by atoms with van der Waals surface area (Å²) < 4.78 is 0. The Hall–Kier alpha value is -0.610. The summed E-state index contributed by atoms with van der Waals surface area (Å²) in [5.41, 5.74) is -0.567. The normalized spacial score (nSPS) is 29.4. The lowest BCUT2D eigenvalue weighted by molar-refractivity contribution is -0.135. The van der Waals surface area contributed by atoms with E-state index in [0.29, 0.717) is 38.4 Å². The molecule has 2 aliphatic heterocycles. The summed E-state index contributed by atoms with van der Waals surface area (Å²) in [6.45, 7) is 4.32. The molecule has 2 aliphatic rings. The molecule has 0 radical (unpaired) electrons. The van der Waals surface area contributed by atoms with Crippen LogP contribution < -0.4 is 5.32 Å². The molecule has 4 heteroatoms. The second kappa shape index (κ2) is 4.72. The zero-order valence-corrected chi connectivity index (χ0v) is 10.0. The molecule has 1 unspecified atom stereocenters. The van der Waals surface area contributed by atoms with Crippen LogP contribution in [0.15, 0.2) is 0 Å². The number of rotatable bonds is 2. The predicted octanol–water partition coefficient (Wildman–Crippen LogP) is 0.502. The third kappa shape index (κ3) is 2.95. The van der Waals surface area contributed by atoms with Crippen molar-refractivity contribution < 1.29 is 9.90 Å². The van der Waals surface area contributed by atoms with E-state index in [9.17, 15) is 9.90 Å². The molecule has 0 spiro atoms. The van der Waals surface area contributed by atoms with E-state index in [1.807, 2.05) is 11.8 Å². The van der Waals surface area contributed by atoms with Crippen LogP contribution >= 0.6 is 0 Å². The second-order valence-electron chi connectivity index (χ2n) is 5.38. The van der Waals surface area contributed by atoms with Gasteiger partial charge in [-0.1, -0.05) is 0 Å². The van der Waals surface area contributed by atoms with E-state index >= 15 is 0 Å². The number of nitrogens with zero attached hydrogens (tertiary/aromatic N) is 1. The Labute approximate surface area is 97.0 Å². The molecular formula is C12H22N2O2. The van der Waals surface area contributed by atoms with E-state index in [-0.39, 0.29) is 5.91 Å². The van der Waals surface area contributed by atoms with E-state index in [1.165, 1.54) is 6.42 Å². The molecular weight excluding hydrogens is 204 g/mol. The van der Waals surface area contributed by atoms with Crippen molar-refractivity contribution in [2.75, 3.05) is 19.6 Å². The third-order valence-electron chi connectivity index (χ3n) is 3.78. The van der Waals surface area contributed by atoms with E-state index in [4.69, 9.17) is 0 Å². The SMILES string of the molecule is CC1(O)CCN(C(=O)CC2CCCN2)CC1. The number of amides is 1. The maximum absolute atomic E-state index is 12.0. The summed E-state index contributed by atoms with van der Waals surface area (Å²) in [4.78, 5) is 13.9. The van der Waals surface area contributed by atoms with Gasteiger partial charge in [0.2, 0.25) is 5.91 Å². The van der Waals surface area contributed by atoms with Gasteiger partial charge in [0, 0.05) is 25.6 Å². The molecule has 92 valence electrons. The lowest BCUT2D eigenvalue weighted by Gasteiger charge is -2.36. The maximum atomic E-state index is 12.0. The van der Waals surface area contributed by atoms with Gasteiger partial charge in [-0.15, -0.1) is 0 Å². The molecule has 1 amide bonds. The number of hydrogen-bond donors (Lipinski definition) is 2. The van der Waals surface area contributed by atoms with Gasteiger partial charge in [0.1, 0.15) is 0 Å². The van der Waals surface area contributed by atoms with Gasteiger partial charge in [0.15, 0.2) is 0 Å². The smallest absolute Gasteiger partial charge is 0.224 e. The molecule has 2 N–H and O–H groups in total. The van der Waals surface area contributed by atoms with Crippen molar-refractivity contribution in [2.24, 2.45) is 0 Å². The zero-order valence-electron chi connectivity index (χ0n) is 10.0. The molecule has 4 nitrogen and oxygen atoms in total. The fourth-order valence-electron chi connectivity index (χ4n) is 2.51. The van der Waals surface area contributed by atoms with Crippen LogP contribution in [-0.4, -0.2) is 47.2 Å². The fraction of sp³-hybridized carbons (Fsp3) is 0.917. The first-order valence-corrected chi connectivity index (χ1v) is 6.30. The average molecular weight is 226 g/mol. The van der Waals surface area contributed by atoms with Gasteiger partial charge in [-0.3, -0.25) is 4.79 Å². The molecule has 2 saturated heterocycles. The minimum absolute atomic E-state index is 0.245. The zero-order chi connectivity index (χ0) is 11.6. The van der Waals surface area contributed by atoms with Crippen molar-refractivity contribution in [3.63, 3.8) is 0 Å². The number of piperidine rings is 1. The Morgan fingerprint density at radius 1 is 1.50 bits per heavy atom. The van der Waals surface area contributed by atoms with Crippen LogP contribution in [0.25, 0.3) is 0 Å². The highest BCUT2D eigenvalue weighted by atomic mass is 16.3. The van der Waals surface area contributed by atoms with E-state index in [2.05, 4.69) is 5.32 Å². The molecule has 2 fully saturated rings. The van der Waals surface area contributed by atoms with Gasteiger partial charge >= 0.3 is 0 Å². The van der Waals surface area contributed by atoms with Gasteiger partial charge in [-0.2, -0.15) is 0 Å². The summed E-state index contributed by atoms with van der Waals surface area (Å²) in [6.07, 6.45) is 4.35. The van der Waals surface area contributed by atoms with Crippen LogP contribution in [0.2, 0.25) is 0 Å². The van der Waals surface area contributed by atoms with Crippen molar-refractivity contribution in [2.45, 2.75) is 50.7 Å². The van der Waals surface area contributed by atoms with Crippen molar-refractivity contribution >= 4 is 5.91 Å². The quantitative estimate of drug-likeness (QED) is 0.721. The first-order valence-electron chi connectivity index (χ1n) is 6.30. The van der Waals surface area contributed by atoms with Crippen LogP contribution in [-0.2, 0) is 4.79 Å². The van der Waals surface area contributed by atoms with E-state index in [1.54, 1.807) is 0 Å². The Morgan fingerprint density at radius 2 is 2.19 bits per heavy atom. The molecule has 2 heterocycles. The van der Waals surface area contributed by atoms with E-state index in [0.717, 1.165) is 13.0 Å². The largest absolute Gasteiger partial charge is 0.390 e. The lowest BCUT2D eigenvalue weighted by atomic mass is 9.93. The summed E-state index contributed by atoms with van der Waals surface area (Å²) in [6, 6.07) is 0.384. The average Bonchev–Trinajstić information content (AvgIpc) is 2.70. The molecule has 1 atom stereocenters. The summed E-state index contributed by atoms with van der Waals surface area (Å²) >= 11 is 0. The van der Waals surface area contributed by atoms with Gasteiger partial charge in [-0.05, 0) is 39.2 Å². The van der Waals surface area contributed by atoms with E-state index < -0.39 is 5.60 Å². The molecule has 0 saturated carbocycles. The fourth-order valence-corrected chi connectivity index (χ4v) is 2.51. The minimum Gasteiger partial charge on any atom is -0.390 e. The first kappa shape index (κ1) is 11.9. The molecule has 0 bridgehead atoms. The van der Waals surface area contributed by atoms with Crippen molar-refractivity contribution in [1.29, 1.82) is 0 Å². The van der Waals surface area contributed by atoms with Crippen molar-refractivity contribution in [3.8, 4) is 0 Å². The number of carbonyl (C=O) groups excluding carboxylic acids is 1. The summed E-state index contributed by atoms with van der Waals surface area (Å²) in [7, 11) is 0. The van der Waals surface area contributed by atoms with Crippen LogP contribution in [0.1, 0.15) is 39.0 Å². The van der Waals surface area contributed by atoms with Crippen LogP contribution in [0, 0.1) is 0 Å². The van der Waals surface area contributed by atoms with Crippen molar-refractivity contribution in [3.05, 3.63) is 0 Å². The third-order valence-corrected chi connectivity index (χ3v) is 3.78. The predicted molar refractivity (Wildman–Crippen MR) is 62.1 cm³/mol. The molecule has 0 aliphatic carbocycles. The number of hydrogen-bond acceptors (Lipinski definition) is 3. The van der Waals surface area contributed by atoms with Crippen LogP contribution in [0.3, 0.4) is 0 Å². The topological polar surface area (TPSA) is 52.6 Å². The Morgan fingerprint density at radius 3 is 2.75 bits per heavy atom. The Kier molecular flexibility index (Phi) is 3.50. The van der Waals surface area contributed by atoms with Gasteiger partial charge < -0.3 is 15.3 Å². The highest BCUT2D eigenvalue weighted by Gasteiger charge is 2.30. The van der Waals surface area contributed by atoms with Crippen LogP contribution in [0.5, 0.6) is 0 Å². The number of aliphatic hydroxyl groups is 1.